The van der Waals surface area contributed by atoms with Crippen molar-refractivity contribution in [2.24, 2.45) is 14.1 Å². The number of alkyl halides is 3. The van der Waals surface area contributed by atoms with Gasteiger partial charge in [0.1, 0.15) is 41.5 Å². The molecule has 52 heavy (non-hydrogen) atoms. The van der Waals surface area contributed by atoms with E-state index in [4.69, 9.17) is 9.47 Å². The molecule has 0 spiro atoms. The molecule has 0 unspecified atom stereocenters. The van der Waals surface area contributed by atoms with Crippen LogP contribution in [0.3, 0.4) is 0 Å². The van der Waals surface area contributed by atoms with Gasteiger partial charge in [0.15, 0.2) is 0 Å². The van der Waals surface area contributed by atoms with Crippen LogP contribution in [0.4, 0.5) is 27.6 Å². The highest BCUT2D eigenvalue weighted by atomic mass is 19.4. The average Bonchev–Trinajstić information content (AvgIpc) is 3.60. The molecule has 1 aliphatic heterocycles. The van der Waals surface area contributed by atoms with E-state index in [-0.39, 0.29) is 24.2 Å². The number of morpholine rings is 1. The second kappa shape index (κ2) is 15.6. The summed E-state index contributed by atoms with van der Waals surface area (Å²) in [6.45, 7) is 5.41. The van der Waals surface area contributed by atoms with Crippen LogP contribution in [0.15, 0.2) is 46.2 Å². The number of esters is 1. The molecule has 0 bridgehead atoms. The number of fused-ring (bicyclic) bond motifs is 1. The molecule has 4 heterocycles. The molecule has 2 N–H and O–H groups in total. The third-order valence-electron chi connectivity index (χ3n) is 9.03. The molecule has 4 aromatic rings. The molecule has 1 amide bonds. The minimum atomic E-state index is -4.70. The molecule has 1 aromatic carbocycles. The number of anilines is 1. The van der Waals surface area contributed by atoms with Crippen LogP contribution in [0.2, 0.25) is 0 Å². The van der Waals surface area contributed by atoms with Gasteiger partial charge in [0.2, 0.25) is 0 Å². The van der Waals surface area contributed by atoms with E-state index in [9.17, 15) is 32.3 Å². The van der Waals surface area contributed by atoms with E-state index in [0.717, 1.165) is 4.57 Å². The zero-order valence-electron chi connectivity index (χ0n) is 28.9. The zero-order chi connectivity index (χ0) is 37.9. The van der Waals surface area contributed by atoms with E-state index in [1.165, 1.54) is 31.8 Å². The second-order valence-electron chi connectivity index (χ2n) is 12.3. The lowest BCUT2D eigenvalue weighted by Gasteiger charge is -2.26. The Morgan fingerprint density at radius 2 is 1.73 bits per heavy atom. The summed E-state index contributed by atoms with van der Waals surface area (Å²) in [5.74, 6) is -5.17. The third-order valence-corrected chi connectivity index (χ3v) is 9.03. The monoisotopic (exact) mass is 735 g/mol. The first-order chi connectivity index (χ1) is 24.6. The standard InChI is InChI=1S/C34H38F5N7O6/c1-5-26(34(37,38)39)41-20-16-23(35)28(24(36)17-20)30(47)42-25(32(49)52-15-12-45-10-13-51-14-11-45)18-21-6-7-22(29-40-8-9-46(21)29)27-19(2)43(3)33(50)44(4)31(27)48/h6-9,16-17,25-26,41H,5,10-15,18H2,1-4H3,(H,42,47)/t25-,26+/m0/s1. The summed E-state index contributed by atoms with van der Waals surface area (Å²) >= 11 is 0. The fourth-order valence-electron chi connectivity index (χ4n) is 6.01. The van der Waals surface area contributed by atoms with Gasteiger partial charge in [-0.3, -0.25) is 19.1 Å². The lowest BCUT2D eigenvalue weighted by atomic mass is 10.0. The Kier molecular flexibility index (Phi) is 11.5. The van der Waals surface area contributed by atoms with Gasteiger partial charge in [0.05, 0.1) is 18.8 Å². The summed E-state index contributed by atoms with van der Waals surface area (Å²) in [6, 6.07) is 0.690. The summed E-state index contributed by atoms with van der Waals surface area (Å²) in [5.41, 5.74) is -1.07. The van der Waals surface area contributed by atoms with Crippen molar-refractivity contribution in [2.45, 2.75) is 44.9 Å². The molecule has 1 aliphatic rings. The van der Waals surface area contributed by atoms with Crippen molar-refractivity contribution in [3.05, 3.63) is 86.1 Å². The van der Waals surface area contributed by atoms with Gasteiger partial charge < -0.3 is 29.1 Å². The molecular weight excluding hydrogens is 697 g/mol. The molecule has 280 valence electrons. The number of carbonyl (C=O) groups excluding carboxylic acids is 2. The van der Waals surface area contributed by atoms with Gasteiger partial charge in [-0.2, -0.15) is 13.2 Å². The number of amides is 1. The predicted molar refractivity (Wildman–Crippen MR) is 179 cm³/mol. The maximum atomic E-state index is 15.2. The Balaban J connectivity index is 1.46. The number of imidazole rings is 1. The highest BCUT2D eigenvalue weighted by molar-refractivity contribution is 5.97. The number of hydrogen-bond donors (Lipinski definition) is 2. The Hall–Kier alpha value is -5.10. The Morgan fingerprint density at radius 1 is 1.06 bits per heavy atom. The fraction of sp³-hybridized carbons (Fsp3) is 0.441. The molecule has 2 atom stereocenters. The first-order valence-corrected chi connectivity index (χ1v) is 16.4. The van der Waals surface area contributed by atoms with Gasteiger partial charge in [-0.05, 0) is 37.6 Å². The summed E-state index contributed by atoms with van der Waals surface area (Å²) in [6.07, 6.45) is -2.39. The highest BCUT2D eigenvalue weighted by Gasteiger charge is 2.38. The van der Waals surface area contributed by atoms with Crippen molar-refractivity contribution < 1.29 is 41.0 Å². The van der Waals surface area contributed by atoms with Crippen molar-refractivity contribution in [1.29, 1.82) is 0 Å². The molecule has 0 aliphatic carbocycles. The molecule has 3 aromatic heterocycles. The van der Waals surface area contributed by atoms with Crippen LogP contribution in [-0.2, 0) is 34.8 Å². The number of benzene rings is 1. The van der Waals surface area contributed by atoms with Crippen LogP contribution in [0.5, 0.6) is 0 Å². The van der Waals surface area contributed by atoms with Crippen LogP contribution in [-0.4, -0.2) is 93.0 Å². The van der Waals surface area contributed by atoms with Crippen LogP contribution in [0, 0.1) is 18.6 Å². The Morgan fingerprint density at radius 3 is 2.37 bits per heavy atom. The smallest absolute Gasteiger partial charge is 0.408 e. The molecule has 1 fully saturated rings. The van der Waals surface area contributed by atoms with Gasteiger partial charge >= 0.3 is 17.8 Å². The first kappa shape index (κ1) is 38.1. The van der Waals surface area contributed by atoms with Gasteiger partial charge in [-0.15, -0.1) is 0 Å². The van der Waals surface area contributed by atoms with Crippen molar-refractivity contribution in [1.82, 2.24) is 28.7 Å². The number of aromatic nitrogens is 4. The fourth-order valence-corrected chi connectivity index (χ4v) is 6.01. The normalized spacial score (nSPS) is 15.0. The third kappa shape index (κ3) is 8.02. The van der Waals surface area contributed by atoms with Crippen molar-refractivity contribution >= 4 is 23.2 Å². The summed E-state index contributed by atoms with van der Waals surface area (Å²) < 4.78 is 84.9. The summed E-state index contributed by atoms with van der Waals surface area (Å²) in [4.78, 5) is 59.0. The predicted octanol–water partition coefficient (Wildman–Crippen LogP) is 2.95. The maximum Gasteiger partial charge on any atom is 0.408 e. The largest absolute Gasteiger partial charge is 0.463 e. The number of nitrogens with one attached hydrogen (secondary N) is 2. The van der Waals surface area contributed by atoms with Crippen LogP contribution in [0.1, 0.15) is 35.1 Å². The molecule has 18 heteroatoms. The van der Waals surface area contributed by atoms with E-state index in [2.05, 4.69) is 10.3 Å². The molecule has 5 rings (SSSR count). The molecule has 1 saturated heterocycles. The SMILES string of the molecule is CC[C@@H](Nc1cc(F)c(C(=O)N[C@@H](Cc2ccc(-c3c(C)n(C)c(=O)n(C)c3=O)c3nccn23)C(=O)OCCN2CCOCC2)c(F)c1)C(F)(F)F. The lowest BCUT2D eigenvalue weighted by Crippen LogP contribution is -2.45. The number of rotatable bonds is 12. The lowest BCUT2D eigenvalue weighted by molar-refractivity contribution is -0.146. The Bertz CT molecular complexity index is 2060. The average molecular weight is 736 g/mol. The van der Waals surface area contributed by atoms with E-state index >= 15 is 8.78 Å². The van der Waals surface area contributed by atoms with E-state index in [0.29, 0.717) is 61.9 Å². The van der Waals surface area contributed by atoms with E-state index < -0.39 is 70.7 Å². The van der Waals surface area contributed by atoms with Gasteiger partial charge in [-0.25, -0.2) is 23.4 Å². The zero-order valence-corrected chi connectivity index (χ0v) is 28.9. The molecule has 0 radical (unpaired) electrons. The van der Waals surface area contributed by atoms with E-state index in [1.54, 1.807) is 29.7 Å². The number of ether oxygens (including phenoxy) is 2. The van der Waals surface area contributed by atoms with Gasteiger partial charge in [-0.1, -0.05) is 6.92 Å². The van der Waals surface area contributed by atoms with E-state index in [1.807, 2.05) is 10.2 Å². The minimum absolute atomic E-state index is 0.0686. The topological polar surface area (TPSA) is 141 Å². The van der Waals surface area contributed by atoms with Gasteiger partial charge in [0, 0.05) is 75.2 Å². The van der Waals surface area contributed by atoms with Crippen molar-refractivity contribution in [2.75, 3.05) is 44.8 Å². The minimum Gasteiger partial charge on any atom is -0.463 e. The molecule has 0 saturated carbocycles. The second-order valence-corrected chi connectivity index (χ2v) is 12.3. The van der Waals surface area contributed by atoms with Crippen LogP contribution >= 0.6 is 0 Å². The number of hydrogen-bond acceptors (Lipinski definition) is 9. The maximum absolute atomic E-state index is 15.2. The summed E-state index contributed by atoms with van der Waals surface area (Å²) in [5, 5.41) is 4.37. The van der Waals surface area contributed by atoms with Gasteiger partial charge in [0.25, 0.3) is 11.5 Å². The van der Waals surface area contributed by atoms with Crippen molar-refractivity contribution in [3.8, 4) is 11.1 Å². The van der Waals surface area contributed by atoms with Crippen molar-refractivity contribution in [3.63, 3.8) is 0 Å². The Labute approximate surface area is 294 Å². The molecule has 13 nitrogen and oxygen atoms in total. The number of halogens is 5. The number of pyridine rings is 1. The van der Waals surface area contributed by atoms with Crippen LogP contribution in [0.25, 0.3) is 16.8 Å². The number of nitrogens with zero attached hydrogens (tertiary/aromatic N) is 5. The highest BCUT2D eigenvalue weighted by Crippen LogP contribution is 2.28. The molecular formula is C34H38F5N7O6. The summed E-state index contributed by atoms with van der Waals surface area (Å²) in [7, 11) is 2.87. The first-order valence-electron chi connectivity index (χ1n) is 16.4. The van der Waals surface area contributed by atoms with Crippen LogP contribution < -0.4 is 21.9 Å². The quantitative estimate of drug-likeness (QED) is 0.166. The number of carbonyl (C=O) groups is 2.